The highest BCUT2D eigenvalue weighted by Gasteiger charge is 2.35. The van der Waals surface area contributed by atoms with Gasteiger partial charge < -0.3 is 20.1 Å². The van der Waals surface area contributed by atoms with Crippen molar-refractivity contribution in [3.8, 4) is 0 Å². The minimum absolute atomic E-state index is 0.0353. The molecular formula is C19H24F3N5O. The maximum Gasteiger partial charge on any atom is 0.401 e. The third-order valence-electron chi connectivity index (χ3n) is 5.80. The van der Waals surface area contributed by atoms with Crippen LogP contribution in [0.15, 0.2) is 18.5 Å². The Morgan fingerprint density at radius 3 is 2.75 bits per heavy atom. The fraction of sp³-hybridized carbons (Fsp3) is 0.579. The molecule has 0 radical (unpaired) electrons. The number of halogens is 3. The number of aromatic nitrogens is 2. The molecule has 0 unspecified atom stereocenters. The molecule has 9 heteroatoms. The molecule has 1 aliphatic carbocycles. The normalized spacial score (nSPS) is 23.4. The molecule has 2 aliphatic rings. The third-order valence-corrected chi connectivity index (χ3v) is 5.80. The Bertz CT molecular complexity index is 857. The van der Waals surface area contributed by atoms with Gasteiger partial charge in [-0.15, -0.1) is 0 Å². The highest BCUT2D eigenvalue weighted by molar-refractivity contribution is 6.08. The number of carbonyl (C=O) groups excluding carboxylic acids is 1. The summed E-state index contributed by atoms with van der Waals surface area (Å²) >= 11 is 0. The first kappa shape index (κ1) is 19.0. The van der Waals surface area contributed by atoms with E-state index in [4.69, 9.17) is 0 Å². The molecule has 1 saturated carbocycles. The van der Waals surface area contributed by atoms with E-state index in [2.05, 4.69) is 20.2 Å². The number of H-pyrrole nitrogens is 1. The van der Waals surface area contributed by atoms with Crippen molar-refractivity contribution >= 4 is 22.6 Å². The molecule has 0 spiro atoms. The van der Waals surface area contributed by atoms with Gasteiger partial charge in [0, 0.05) is 30.9 Å². The van der Waals surface area contributed by atoms with Gasteiger partial charge >= 0.3 is 6.18 Å². The number of nitrogens with zero attached hydrogens (tertiary/aromatic N) is 3. The van der Waals surface area contributed by atoms with Crippen LogP contribution in [0.1, 0.15) is 36.0 Å². The van der Waals surface area contributed by atoms with Crippen LogP contribution in [0, 0.1) is 5.92 Å². The number of hydrogen-bond acceptors (Lipinski definition) is 4. The number of anilines is 1. The second-order valence-corrected chi connectivity index (χ2v) is 7.80. The molecule has 0 atom stereocenters. The smallest absolute Gasteiger partial charge is 0.349 e. The molecular weight excluding hydrogens is 371 g/mol. The SMILES string of the molecule is CN1CN(C2CCC(CNCC(F)(F)F)CC2)c2c(cnc3[nH]ccc23)C1=O. The minimum atomic E-state index is -4.16. The van der Waals surface area contributed by atoms with E-state index in [0.717, 1.165) is 42.4 Å². The van der Waals surface area contributed by atoms with Crippen molar-refractivity contribution in [2.24, 2.45) is 5.92 Å². The second-order valence-electron chi connectivity index (χ2n) is 7.80. The van der Waals surface area contributed by atoms with Crippen molar-refractivity contribution in [2.75, 3.05) is 31.7 Å². The molecule has 2 N–H and O–H groups in total. The molecule has 1 fully saturated rings. The van der Waals surface area contributed by atoms with Gasteiger partial charge in [0.15, 0.2) is 0 Å². The van der Waals surface area contributed by atoms with Gasteiger partial charge in [0.2, 0.25) is 0 Å². The van der Waals surface area contributed by atoms with Gasteiger partial charge in [-0.2, -0.15) is 13.2 Å². The van der Waals surface area contributed by atoms with Gasteiger partial charge in [0.1, 0.15) is 5.65 Å². The molecule has 152 valence electrons. The number of rotatable bonds is 4. The number of amides is 1. The van der Waals surface area contributed by atoms with Crippen LogP contribution >= 0.6 is 0 Å². The fourth-order valence-corrected chi connectivity index (χ4v) is 4.41. The van der Waals surface area contributed by atoms with E-state index in [0.29, 0.717) is 18.8 Å². The number of hydrogen-bond donors (Lipinski definition) is 2. The second kappa shape index (κ2) is 7.27. The lowest BCUT2D eigenvalue weighted by atomic mass is 9.84. The zero-order valence-electron chi connectivity index (χ0n) is 15.7. The van der Waals surface area contributed by atoms with Gasteiger partial charge in [0.25, 0.3) is 5.91 Å². The van der Waals surface area contributed by atoms with Crippen LogP contribution in [0.2, 0.25) is 0 Å². The summed E-state index contributed by atoms with van der Waals surface area (Å²) in [6.07, 6.45) is 2.83. The van der Waals surface area contributed by atoms with Crippen LogP contribution in [0.3, 0.4) is 0 Å². The first-order chi connectivity index (χ1) is 13.3. The summed E-state index contributed by atoms with van der Waals surface area (Å²) in [5.41, 5.74) is 2.29. The number of nitrogens with one attached hydrogen (secondary N) is 2. The molecule has 2 aromatic rings. The average Bonchev–Trinajstić information content (AvgIpc) is 3.13. The van der Waals surface area contributed by atoms with Gasteiger partial charge in [-0.25, -0.2) is 4.98 Å². The lowest BCUT2D eigenvalue weighted by molar-refractivity contribution is -0.125. The monoisotopic (exact) mass is 395 g/mol. The molecule has 6 nitrogen and oxygen atoms in total. The lowest BCUT2D eigenvalue weighted by Crippen LogP contribution is -2.50. The molecule has 4 rings (SSSR count). The fourth-order valence-electron chi connectivity index (χ4n) is 4.41. The van der Waals surface area contributed by atoms with E-state index < -0.39 is 12.7 Å². The van der Waals surface area contributed by atoms with Gasteiger partial charge in [-0.3, -0.25) is 4.79 Å². The molecule has 0 aromatic carbocycles. The van der Waals surface area contributed by atoms with E-state index in [9.17, 15) is 18.0 Å². The molecule has 1 aliphatic heterocycles. The molecule has 2 aromatic heterocycles. The summed E-state index contributed by atoms with van der Waals surface area (Å²) in [6.45, 7) is -0.0250. The molecule has 0 saturated heterocycles. The predicted octanol–water partition coefficient (Wildman–Crippen LogP) is 3.12. The molecule has 3 heterocycles. The first-order valence-electron chi connectivity index (χ1n) is 9.59. The van der Waals surface area contributed by atoms with E-state index in [-0.39, 0.29) is 17.9 Å². The highest BCUT2D eigenvalue weighted by atomic mass is 19.4. The Balaban J connectivity index is 1.48. The zero-order valence-corrected chi connectivity index (χ0v) is 15.7. The van der Waals surface area contributed by atoms with Crippen molar-refractivity contribution in [3.63, 3.8) is 0 Å². The third kappa shape index (κ3) is 3.67. The van der Waals surface area contributed by atoms with E-state index in [1.807, 2.05) is 12.3 Å². The zero-order chi connectivity index (χ0) is 19.9. The van der Waals surface area contributed by atoms with Crippen molar-refractivity contribution < 1.29 is 18.0 Å². The lowest BCUT2D eigenvalue weighted by Gasteiger charge is -2.44. The summed E-state index contributed by atoms with van der Waals surface area (Å²) < 4.78 is 36.9. The maximum absolute atomic E-state index is 12.6. The minimum Gasteiger partial charge on any atom is -0.349 e. The largest absolute Gasteiger partial charge is 0.401 e. The van der Waals surface area contributed by atoms with Crippen LogP contribution < -0.4 is 10.2 Å². The Morgan fingerprint density at radius 2 is 2.04 bits per heavy atom. The number of carbonyl (C=O) groups is 1. The number of aromatic amines is 1. The number of fused-ring (bicyclic) bond motifs is 3. The van der Waals surface area contributed by atoms with Crippen molar-refractivity contribution in [1.29, 1.82) is 0 Å². The Kier molecular flexibility index (Phi) is 4.95. The summed E-state index contributed by atoms with van der Waals surface area (Å²) in [4.78, 5) is 24.0. The Morgan fingerprint density at radius 1 is 1.29 bits per heavy atom. The van der Waals surface area contributed by atoms with Gasteiger partial charge in [-0.1, -0.05) is 0 Å². The summed E-state index contributed by atoms with van der Waals surface area (Å²) in [5, 5.41) is 3.47. The van der Waals surface area contributed by atoms with E-state index >= 15 is 0 Å². The predicted molar refractivity (Wildman–Crippen MR) is 100 cm³/mol. The Hall–Kier alpha value is -2.29. The average molecular weight is 395 g/mol. The standard InChI is InChI=1S/C19H24F3N5O/c1-26-11-27(13-4-2-12(3-5-13)8-23-10-19(20,21)22)16-14-6-7-24-17(14)25-9-15(16)18(26)28/h6-7,9,12-13,23H,2-5,8,10-11H2,1H3,(H,24,25). The first-order valence-corrected chi connectivity index (χ1v) is 9.59. The van der Waals surface area contributed by atoms with Gasteiger partial charge in [0.05, 0.1) is 24.5 Å². The van der Waals surface area contributed by atoms with Crippen LogP contribution in [-0.2, 0) is 0 Å². The summed E-state index contributed by atoms with van der Waals surface area (Å²) in [7, 11) is 1.78. The molecule has 0 bridgehead atoms. The van der Waals surface area contributed by atoms with E-state index in [1.165, 1.54) is 0 Å². The Labute approximate surface area is 161 Å². The number of pyridine rings is 1. The van der Waals surface area contributed by atoms with Crippen molar-refractivity contribution in [1.82, 2.24) is 20.2 Å². The maximum atomic E-state index is 12.6. The molecule has 1 amide bonds. The molecule has 28 heavy (non-hydrogen) atoms. The summed E-state index contributed by atoms with van der Waals surface area (Å²) in [5.74, 6) is 0.221. The highest BCUT2D eigenvalue weighted by Crippen LogP contribution is 2.38. The van der Waals surface area contributed by atoms with Crippen LogP contribution in [0.5, 0.6) is 0 Å². The van der Waals surface area contributed by atoms with Crippen molar-refractivity contribution in [2.45, 2.75) is 37.9 Å². The van der Waals surface area contributed by atoms with Crippen LogP contribution in [0.25, 0.3) is 11.0 Å². The van der Waals surface area contributed by atoms with Crippen LogP contribution in [0.4, 0.5) is 18.9 Å². The topological polar surface area (TPSA) is 64.3 Å². The van der Waals surface area contributed by atoms with E-state index in [1.54, 1.807) is 18.1 Å². The quantitative estimate of drug-likeness (QED) is 0.835. The van der Waals surface area contributed by atoms with Gasteiger partial charge in [-0.05, 0) is 44.2 Å². The number of alkyl halides is 3. The van der Waals surface area contributed by atoms with Crippen molar-refractivity contribution in [3.05, 3.63) is 24.0 Å². The summed E-state index contributed by atoms with van der Waals surface area (Å²) in [6, 6.07) is 2.20. The van der Waals surface area contributed by atoms with Crippen LogP contribution in [-0.4, -0.2) is 59.8 Å².